The molecule has 0 aliphatic carbocycles. The average molecular weight is 407 g/mol. The van der Waals surface area contributed by atoms with Gasteiger partial charge < -0.3 is 5.32 Å². The summed E-state index contributed by atoms with van der Waals surface area (Å²) in [4.78, 5) is 24.7. The minimum absolute atomic E-state index is 0.127. The Bertz CT molecular complexity index is 976. The fourth-order valence-corrected chi connectivity index (χ4v) is 4.98. The van der Waals surface area contributed by atoms with Crippen molar-refractivity contribution in [2.75, 3.05) is 16.6 Å². The van der Waals surface area contributed by atoms with Crippen LogP contribution < -0.4 is 9.62 Å². The van der Waals surface area contributed by atoms with Crippen LogP contribution in [0, 0.1) is 5.92 Å². The van der Waals surface area contributed by atoms with Crippen LogP contribution in [0.1, 0.15) is 22.8 Å². The van der Waals surface area contributed by atoms with Gasteiger partial charge in [0.2, 0.25) is 15.9 Å². The Hall–Kier alpha value is -2.38. The van der Waals surface area contributed by atoms with Crippen molar-refractivity contribution in [2.24, 2.45) is 5.92 Å². The molecule has 1 aliphatic rings. The van der Waals surface area contributed by atoms with Gasteiger partial charge in [-0.1, -0.05) is 48.9 Å². The summed E-state index contributed by atoms with van der Waals surface area (Å²) in [5.41, 5.74) is 1.34. The zero-order valence-corrected chi connectivity index (χ0v) is 16.3. The number of nitrogens with zero attached hydrogens (tertiary/aromatic N) is 1. The van der Waals surface area contributed by atoms with Gasteiger partial charge in [0.1, 0.15) is 0 Å². The van der Waals surface area contributed by atoms with Crippen LogP contribution in [0.25, 0.3) is 0 Å². The molecule has 1 heterocycles. The summed E-state index contributed by atoms with van der Waals surface area (Å²) in [6.07, 6.45) is 0.653. The molecule has 8 heteroatoms. The van der Waals surface area contributed by atoms with Gasteiger partial charge in [-0.3, -0.25) is 9.59 Å². The van der Waals surface area contributed by atoms with Crippen molar-refractivity contribution < 1.29 is 18.0 Å². The third-order valence-corrected chi connectivity index (χ3v) is 6.53. The molecule has 0 bridgehead atoms. The topological polar surface area (TPSA) is 83.6 Å². The molecular weight excluding hydrogens is 388 g/mol. The Morgan fingerprint density at radius 3 is 2.56 bits per heavy atom. The summed E-state index contributed by atoms with van der Waals surface area (Å²) in [7, 11) is -3.74. The van der Waals surface area contributed by atoms with Crippen LogP contribution in [0.5, 0.6) is 0 Å². The number of hydrogen-bond acceptors (Lipinski definition) is 4. The Labute approximate surface area is 163 Å². The van der Waals surface area contributed by atoms with Gasteiger partial charge in [-0.2, -0.15) is 0 Å². The Balaban J connectivity index is 1.77. The van der Waals surface area contributed by atoms with Crippen molar-refractivity contribution in [3.63, 3.8) is 0 Å². The molecule has 1 N–H and O–H groups in total. The lowest BCUT2D eigenvalue weighted by Crippen LogP contribution is -2.31. The van der Waals surface area contributed by atoms with Crippen LogP contribution in [-0.4, -0.2) is 32.5 Å². The molecule has 0 saturated carbocycles. The molecule has 2 aromatic rings. The molecule has 142 valence electrons. The Morgan fingerprint density at radius 2 is 1.93 bits per heavy atom. The normalized spacial score (nSPS) is 18.5. The molecule has 1 atom stereocenters. The summed E-state index contributed by atoms with van der Waals surface area (Å²) in [5, 5.41) is 2.96. The first-order chi connectivity index (χ1) is 12.8. The Morgan fingerprint density at radius 1 is 1.22 bits per heavy atom. The third-order valence-electron chi connectivity index (χ3n) is 4.33. The van der Waals surface area contributed by atoms with E-state index in [1.807, 2.05) is 30.3 Å². The zero-order chi connectivity index (χ0) is 19.6. The van der Waals surface area contributed by atoms with E-state index in [0.29, 0.717) is 13.0 Å². The van der Waals surface area contributed by atoms with Crippen LogP contribution in [0.3, 0.4) is 0 Å². The van der Waals surface area contributed by atoms with Gasteiger partial charge in [0.05, 0.1) is 27.9 Å². The van der Waals surface area contributed by atoms with Gasteiger partial charge in [0.25, 0.3) is 5.91 Å². The van der Waals surface area contributed by atoms with Crippen molar-refractivity contribution in [1.82, 2.24) is 5.32 Å². The number of carbonyl (C=O) groups excluding carboxylic acids is 2. The predicted molar refractivity (Wildman–Crippen MR) is 104 cm³/mol. The number of rotatable bonds is 5. The van der Waals surface area contributed by atoms with E-state index in [4.69, 9.17) is 11.6 Å². The van der Waals surface area contributed by atoms with Crippen LogP contribution >= 0.6 is 11.6 Å². The van der Waals surface area contributed by atoms with E-state index in [0.717, 1.165) is 9.87 Å². The molecule has 2 amide bonds. The molecule has 2 aromatic carbocycles. The fraction of sp³-hybridized carbons (Fsp3) is 0.263. The van der Waals surface area contributed by atoms with Crippen LogP contribution in [-0.2, 0) is 21.2 Å². The van der Waals surface area contributed by atoms with Crippen molar-refractivity contribution in [2.45, 2.75) is 13.3 Å². The van der Waals surface area contributed by atoms with Crippen LogP contribution in [0.15, 0.2) is 48.5 Å². The SMILES string of the molecule is CC1CS(=O)(=O)N(c2ccc(Cl)c(C(=O)NCCc3ccccc3)c2)C1=O. The highest BCUT2D eigenvalue weighted by molar-refractivity contribution is 7.94. The van der Waals surface area contributed by atoms with E-state index in [2.05, 4.69) is 5.32 Å². The van der Waals surface area contributed by atoms with Gasteiger partial charge in [-0.25, -0.2) is 12.7 Å². The van der Waals surface area contributed by atoms with Gasteiger partial charge in [-0.05, 0) is 30.2 Å². The summed E-state index contributed by atoms with van der Waals surface area (Å²) >= 11 is 6.12. The molecular formula is C19H19ClN2O4S. The van der Waals surface area contributed by atoms with E-state index in [1.54, 1.807) is 6.92 Å². The lowest BCUT2D eigenvalue weighted by molar-refractivity contribution is -0.119. The smallest absolute Gasteiger partial charge is 0.252 e. The van der Waals surface area contributed by atoms with Crippen LogP contribution in [0.2, 0.25) is 5.02 Å². The first-order valence-electron chi connectivity index (χ1n) is 8.48. The average Bonchev–Trinajstić information content (AvgIpc) is 2.83. The molecule has 6 nitrogen and oxygen atoms in total. The van der Waals surface area contributed by atoms with E-state index < -0.39 is 27.8 Å². The first-order valence-corrected chi connectivity index (χ1v) is 10.5. The number of halogens is 1. The van der Waals surface area contributed by atoms with Crippen LogP contribution in [0.4, 0.5) is 5.69 Å². The van der Waals surface area contributed by atoms with E-state index >= 15 is 0 Å². The van der Waals surface area contributed by atoms with Gasteiger partial charge >= 0.3 is 0 Å². The molecule has 3 rings (SSSR count). The highest BCUT2D eigenvalue weighted by atomic mass is 35.5. The molecule has 0 radical (unpaired) electrons. The van der Waals surface area contributed by atoms with Gasteiger partial charge in [0, 0.05) is 6.54 Å². The summed E-state index contributed by atoms with van der Waals surface area (Å²) in [5.74, 6) is -1.79. The van der Waals surface area contributed by atoms with Crippen molar-refractivity contribution >= 4 is 39.1 Å². The largest absolute Gasteiger partial charge is 0.352 e. The molecule has 1 aliphatic heterocycles. The maximum absolute atomic E-state index is 12.5. The molecule has 0 aromatic heterocycles. The molecule has 0 spiro atoms. The summed E-state index contributed by atoms with van der Waals surface area (Å²) in [6.45, 7) is 1.97. The number of sulfonamides is 1. The lowest BCUT2D eigenvalue weighted by Gasteiger charge is -2.17. The minimum atomic E-state index is -3.74. The van der Waals surface area contributed by atoms with E-state index in [1.165, 1.54) is 18.2 Å². The number of nitrogens with one attached hydrogen (secondary N) is 1. The first kappa shape index (κ1) is 19.4. The maximum Gasteiger partial charge on any atom is 0.252 e. The second kappa shape index (κ2) is 7.70. The van der Waals surface area contributed by atoms with Gasteiger partial charge in [-0.15, -0.1) is 0 Å². The Kier molecular flexibility index (Phi) is 5.53. The maximum atomic E-state index is 12.5. The van der Waals surface area contributed by atoms with Gasteiger partial charge in [0.15, 0.2) is 0 Å². The zero-order valence-electron chi connectivity index (χ0n) is 14.7. The van der Waals surface area contributed by atoms with Crippen molar-refractivity contribution in [3.05, 3.63) is 64.7 Å². The monoisotopic (exact) mass is 406 g/mol. The molecule has 1 unspecified atom stereocenters. The van der Waals surface area contributed by atoms with E-state index in [9.17, 15) is 18.0 Å². The predicted octanol–water partition coefficient (Wildman–Crippen LogP) is 2.63. The number of anilines is 1. The van der Waals surface area contributed by atoms with E-state index in [-0.39, 0.29) is 22.0 Å². The second-order valence-corrected chi connectivity index (χ2v) is 8.71. The minimum Gasteiger partial charge on any atom is -0.352 e. The highest BCUT2D eigenvalue weighted by Gasteiger charge is 2.42. The number of hydrogen-bond donors (Lipinski definition) is 1. The standard InChI is InChI=1S/C19H19ClN2O4S/c1-13-12-27(25,26)22(19(13)24)15-7-8-17(20)16(11-15)18(23)21-10-9-14-5-3-2-4-6-14/h2-8,11,13H,9-10,12H2,1H3,(H,21,23). The molecule has 1 fully saturated rings. The second-order valence-electron chi connectivity index (χ2n) is 6.44. The van der Waals surface area contributed by atoms with Crippen molar-refractivity contribution in [1.29, 1.82) is 0 Å². The number of amides is 2. The highest BCUT2D eigenvalue weighted by Crippen LogP contribution is 2.31. The number of benzene rings is 2. The quantitative estimate of drug-likeness (QED) is 0.827. The molecule has 1 saturated heterocycles. The molecule has 27 heavy (non-hydrogen) atoms. The third kappa shape index (κ3) is 4.14. The fourth-order valence-electron chi connectivity index (χ4n) is 2.96. The number of carbonyl (C=O) groups is 2. The summed E-state index contributed by atoms with van der Waals surface area (Å²) in [6, 6.07) is 13.9. The van der Waals surface area contributed by atoms with Crippen molar-refractivity contribution in [3.8, 4) is 0 Å². The summed E-state index contributed by atoms with van der Waals surface area (Å²) < 4.78 is 25.3. The lowest BCUT2D eigenvalue weighted by atomic mass is 10.1.